The van der Waals surface area contributed by atoms with Crippen LogP contribution < -0.4 is 4.90 Å². The van der Waals surface area contributed by atoms with Crippen LogP contribution in [-0.2, 0) is 10.0 Å². The van der Waals surface area contributed by atoms with Crippen LogP contribution >= 0.6 is 0 Å². The van der Waals surface area contributed by atoms with E-state index in [1.165, 1.54) is 39.3 Å². The Morgan fingerprint density at radius 2 is 1.48 bits per heavy atom. The molecule has 0 amide bonds. The van der Waals surface area contributed by atoms with E-state index in [1.54, 1.807) is 6.92 Å². The first-order valence-electron chi connectivity index (χ1n) is 8.38. The van der Waals surface area contributed by atoms with Crippen LogP contribution in [0.2, 0.25) is 0 Å². The molecule has 1 aliphatic heterocycles. The number of nitrogens with zero attached hydrogens (tertiary/aromatic N) is 2. The summed E-state index contributed by atoms with van der Waals surface area (Å²) in [7, 11) is -3.60. The molecule has 1 aliphatic rings. The van der Waals surface area contributed by atoms with Crippen molar-refractivity contribution in [1.29, 1.82) is 0 Å². The van der Waals surface area contributed by atoms with E-state index in [0.29, 0.717) is 31.7 Å². The highest BCUT2D eigenvalue weighted by Crippen LogP contribution is 2.27. The minimum atomic E-state index is -3.60. The maximum atomic E-state index is 13.3. The van der Waals surface area contributed by atoms with Gasteiger partial charge in [0, 0.05) is 31.9 Å². The first kappa shape index (κ1) is 17.9. The van der Waals surface area contributed by atoms with Gasteiger partial charge >= 0.3 is 0 Å². The normalized spacial score (nSPS) is 16.2. The van der Waals surface area contributed by atoms with Gasteiger partial charge in [-0.25, -0.2) is 12.8 Å². The number of benzene rings is 2. The quantitative estimate of drug-likeness (QED) is 0.841. The number of para-hydroxylation sites is 1. The zero-order valence-electron chi connectivity index (χ0n) is 14.8. The van der Waals surface area contributed by atoms with Crippen molar-refractivity contribution in [3.05, 3.63) is 58.9 Å². The lowest BCUT2D eigenvalue weighted by molar-refractivity contribution is 0.384. The molecule has 3 rings (SSSR count). The van der Waals surface area contributed by atoms with Crippen molar-refractivity contribution in [2.24, 2.45) is 0 Å². The SMILES string of the molecule is Cc1cc(F)ccc1S(=O)(=O)N1CCN(c2c(C)cccc2C)CC1. The van der Waals surface area contributed by atoms with E-state index in [9.17, 15) is 12.8 Å². The number of hydrogen-bond acceptors (Lipinski definition) is 3. The summed E-state index contributed by atoms with van der Waals surface area (Å²) in [6, 6.07) is 10.0. The fourth-order valence-electron chi connectivity index (χ4n) is 3.50. The standard InChI is InChI=1S/C19H23FN2O2S/c1-14-5-4-6-15(2)19(14)21-9-11-22(12-10-21)25(23,24)18-8-7-17(20)13-16(18)3/h4-8,13H,9-12H2,1-3H3. The molecule has 0 N–H and O–H groups in total. The fraction of sp³-hybridized carbons (Fsp3) is 0.368. The molecular formula is C19H23FN2O2S. The van der Waals surface area contributed by atoms with E-state index in [0.717, 1.165) is 0 Å². The highest BCUT2D eigenvalue weighted by Gasteiger charge is 2.30. The Hall–Kier alpha value is -1.92. The number of sulfonamides is 1. The summed E-state index contributed by atoms with van der Waals surface area (Å²) in [5.74, 6) is -0.420. The molecule has 0 aliphatic carbocycles. The van der Waals surface area contributed by atoms with Gasteiger partial charge < -0.3 is 4.90 Å². The van der Waals surface area contributed by atoms with Crippen LogP contribution in [0.5, 0.6) is 0 Å². The number of aryl methyl sites for hydroxylation is 3. The molecule has 0 bridgehead atoms. The molecule has 2 aromatic rings. The van der Waals surface area contributed by atoms with Gasteiger partial charge in [0.15, 0.2) is 0 Å². The molecule has 0 unspecified atom stereocenters. The molecule has 0 radical (unpaired) electrons. The number of halogens is 1. The molecule has 1 heterocycles. The van der Waals surface area contributed by atoms with Crippen LogP contribution in [-0.4, -0.2) is 38.9 Å². The lowest BCUT2D eigenvalue weighted by Crippen LogP contribution is -2.49. The van der Waals surface area contributed by atoms with Crippen LogP contribution in [0.15, 0.2) is 41.3 Å². The summed E-state index contributed by atoms with van der Waals surface area (Å²) in [4.78, 5) is 2.43. The Balaban J connectivity index is 1.80. The smallest absolute Gasteiger partial charge is 0.243 e. The van der Waals surface area contributed by atoms with Gasteiger partial charge in [0.25, 0.3) is 0 Å². The van der Waals surface area contributed by atoms with Crippen LogP contribution in [0.25, 0.3) is 0 Å². The van der Waals surface area contributed by atoms with Gasteiger partial charge in [-0.2, -0.15) is 4.31 Å². The van der Waals surface area contributed by atoms with Crippen molar-refractivity contribution in [2.75, 3.05) is 31.1 Å². The molecule has 6 heteroatoms. The fourth-order valence-corrected chi connectivity index (χ4v) is 5.13. The summed E-state index contributed by atoms with van der Waals surface area (Å²) in [6.45, 7) is 7.92. The first-order valence-corrected chi connectivity index (χ1v) is 9.82. The molecule has 0 spiro atoms. The van der Waals surface area contributed by atoms with E-state index < -0.39 is 15.8 Å². The van der Waals surface area contributed by atoms with Gasteiger partial charge in [0.05, 0.1) is 4.90 Å². The van der Waals surface area contributed by atoms with Gasteiger partial charge in [-0.1, -0.05) is 18.2 Å². The maximum absolute atomic E-state index is 13.3. The monoisotopic (exact) mass is 362 g/mol. The molecule has 0 saturated carbocycles. The molecule has 0 atom stereocenters. The second kappa shape index (κ2) is 6.77. The predicted octanol–water partition coefficient (Wildman–Crippen LogP) is 3.26. The highest BCUT2D eigenvalue weighted by atomic mass is 32.2. The van der Waals surface area contributed by atoms with Crippen LogP contribution in [0.1, 0.15) is 16.7 Å². The summed E-state index contributed by atoms with van der Waals surface area (Å²) in [6.07, 6.45) is 0. The average molecular weight is 362 g/mol. The van der Waals surface area contributed by atoms with Crippen LogP contribution in [0.4, 0.5) is 10.1 Å². The Morgan fingerprint density at radius 3 is 2.04 bits per heavy atom. The summed E-state index contributed by atoms with van der Waals surface area (Å²) >= 11 is 0. The minimum absolute atomic E-state index is 0.189. The van der Waals surface area contributed by atoms with Crippen molar-refractivity contribution in [2.45, 2.75) is 25.7 Å². The lowest BCUT2D eigenvalue weighted by atomic mass is 10.1. The van der Waals surface area contributed by atoms with Crippen molar-refractivity contribution in [1.82, 2.24) is 4.31 Å². The molecule has 25 heavy (non-hydrogen) atoms. The Morgan fingerprint density at radius 1 is 0.880 bits per heavy atom. The molecule has 4 nitrogen and oxygen atoms in total. The van der Waals surface area contributed by atoms with Gasteiger partial charge in [-0.05, 0) is 55.7 Å². The predicted molar refractivity (Wildman–Crippen MR) is 98.0 cm³/mol. The molecule has 1 fully saturated rings. The van der Waals surface area contributed by atoms with Crippen molar-refractivity contribution in [3.8, 4) is 0 Å². The minimum Gasteiger partial charge on any atom is -0.368 e. The Labute approximate surface area is 148 Å². The topological polar surface area (TPSA) is 40.6 Å². The summed E-state index contributed by atoms with van der Waals surface area (Å²) in [5.41, 5.74) is 4.03. The van der Waals surface area contributed by atoms with Gasteiger partial charge in [0.2, 0.25) is 10.0 Å². The number of piperazine rings is 1. The second-order valence-corrected chi connectivity index (χ2v) is 8.45. The molecule has 134 valence electrons. The van der Waals surface area contributed by atoms with E-state index in [-0.39, 0.29) is 4.90 Å². The lowest BCUT2D eigenvalue weighted by Gasteiger charge is -2.37. The van der Waals surface area contributed by atoms with Crippen LogP contribution in [0, 0.1) is 26.6 Å². The number of hydrogen-bond donors (Lipinski definition) is 0. The zero-order valence-corrected chi connectivity index (χ0v) is 15.6. The molecular weight excluding hydrogens is 339 g/mol. The summed E-state index contributed by atoms with van der Waals surface area (Å²) in [5, 5.41) is 0. The third-order valence-electron chi connectivity index (χ3n) is 4.75. The van der Waals surface area contributed by atoms with E-state index in [4.69, 9.17) is 0 Å². The van der Waals surface area contributed by atoms with E-state index in [1.807, 2.05) is 6.07 Å². The highest BCUT2D eigenvalue weighted by molar-refractivity contribution is 7.89. The van der Waals surface area contributed by atoms with E-state index in [2.05, 4.69) is 30.9 Å². The van der Waals surface area contributed by atoms with Crippen LogP contribution in [0.3, 0.4) is 0 Å². The van der Waals surface area contributed by atoms with Crippen molar-refractivity contribution < 1.29 is 12.8 Å². The third-order valence-corrected chi connectivity index (χ3v) is 6.81. The molecule has 2 aromatic carbocycles. The number of anilines is 1. The average Bonchev–Trinajstić information content (AvgIpc) is 2.55. The molecule has 1 saturated heterocycles. The number of rotatable bonds is 3. The Bertz CT molecular complexity index is 868. The van der Waals surface area contributed by atoms with Gasteiger partial charge in [0.1, 0.15) is 5.82 Å². The second-order valence-electron chi connectivity index (χ2n) is 6.54. The van der Waals surface area contributed by atoms with Gasteiger partial charge in [-0.15, -0.1) is 0 Å². The zero-order chi connectivity index (χ0) is 18.2. The maximum Gasteiger partial charge on any atom is 0.243 e. The van der Waals surface area contributed by atoms with E-state index >= 15 is 0 Å². The molecule has 0 aromatic heterocycles. The van der Waals surface area contributed by atoms with Gasteiger partial charge in [-0.3, -0.25) is 0 Å². The first-order chi connectivity index (χ1) is 11.8. The third kappa shape index (κ3) is 3.41. The Kier molecular flexibility index (Phi) is 4.84. The van der Waals surface area contributed by atoms with Crippen molar-refractivity contribution in [3.63, 3.8) is 0 Å². The largest absolute Gasteiger partial charge is 0.368 e. The summed E-state index contributed by atoms with van der Waals surface area (Å²) < 4.78 is 40.5. The van der Waals surface area contributed by atoms with Crippen molar-refractivity contribution >= 4 is 15.7 Å².